The lowest BCUT2D eigenvalue weighted by molar-refractivity contribution is 1.12. The summed E-state index contributed by atoms with van der Waals surface area (Å²) in [5, 5.41) is 10.7. The van der Waals surface area contributed by atoms with Crippen LogP contribution in [0.2, 0.25) is 5.02 Å². The van der Waals surface area contributed by atoms with Crippen LogP contribution < -0.4 is 0 Å². The predicted molar refractivity (Wildman–Crippen MR) is 114 cm³/mol. The Morgan fingerprint density at radius 1 is 0.778 bits per heavy atom. The number of hydrogen-bond donors (Lipinski definition) is 0. The standard InChI is InChI=1S/C22H13BrClN3/c23-15-10-11-20-18(12-15)17(16-8-4-5-9-19(16)24)13-21-25-26-22(27(20)21)14-6-2-1-3-7-14/h1-13H. The van der Waals surface area contributed by atoms with Crippen LogP contribution >= 0.6 is 27.5 Å². The second-order valence-electron chi connectivity index (χ2n) is 6.28. The SMILES string of the molecule is Clc1ccccc1-c1cc2nnc(-c3ccccc3)n2c2ccc(Br)cc12. The topological polar surface area (TPSA) is 30.2 Å². The highest BCUT2D eigenvalue weighted by Gasteiger charge is 2.16. The first-order chi connectivity index (χ1) is 13.2. The maximum absolute atomic E-state index is 6.50. The molecular weight excluding hydrogens is 422 g/mol. The van der Waals surface area contributed by atoms with Crippen molar-refractivity contribution in [2.45, 2.75) is 0 Å². The summed E-state index contributed by atoms with van der Waals surface area (Å²) in [6.07, 6.45) is 0. The number of nitrogens with zero attached hydrogens (tertiary/aromatic N) is 3. The molecule has 5 rings (SSSR count). The van der Waals surface area contributed by atoms with Crippen molar-refractivity contribution in [3.8, 4) is 22.5 Å². The zero-order valence-electron chi connectivity index (χ0n) is 14.1. The molecule has 27 heavy (non-hydrogen) atoms. The Bertz CT molecular complexity index is 1300. The molecule has 0 aliphatic rings. The van der Waals surface area contributed by atoms with E-state index in [0.29, 0.717) is 5.02 Å². The Labute approximate surface area is 169 Å². The van der Waals surface area contributed by atoms with Crippen molar-refractivity contribution in [3.05, 3.63) is 88.4 Å². The first-order valence-corrected chi connectivity index (χ1v) is 9.67. The molecule has 0 saturated carbocycles. The molecule has 0 amide bonds. The van der Waals surface area contributed by atoms with Crippen molar-refractivity contribution < 1.29 is 0 Å². The van der Waals surface area contributed by atoms with Crippen LogP contribution in [0.1, 0.15) is 0 Å². The van der Waals surface area contributed by atoms with E-state index in [0.717, 1.165) is 43.5 Å². The van der Waals surface area contributed by atoms with Crippen molar-refractivity contribution in [1.82, 2.24) is 14.6 Å². The summed E-state index contributed by atoms with van der Waals surface area (Å²) in [5.74, 6) is 0.823. The van der Waals surface area contributed by atoms with E-state index in [4.69, 9.17) is 11.6 Å². The number of fused-ring (bicyclic) bond motifs is 3. The summed E-state index contributed by atoms with van der Waals surface area (Å²) in [6.45, 7) is 0. The van der Waals surface area contributed by atoms with E-state index in [1.165, 1.54) is 0 Å². The second kappa shape index (κ2) is 6.48. The second-order valence-corrected chi connectivity index (χ2v) is 7.61. The summed E-state index contributed by atoms with van der Waals surface area (Å²) in [5.41, 5.74) is 4.87. The van der Waals surface area contributed by atoms with E-state index in [1.54, 1.807) is 0 Å². The molecule has 5 aromatic rings. The van der Waals surface area contributed by atoms with Gasteiger partial charge in [0.05, 0.1) is 5.52 Å². The molecule has 2 heterocycles. The summed E-state index contributed by atoms with van der Waals surface area (Å²) in [4.78, 5) is 0. The molecule has 0 aliphatic carbocycles. The minimum atomic E-state index is 0.714. The quantitative estimate of drug-likeness (QED) is 0.312. The Hall–Kier alpha value is -2.69. The van der Waals surface area contributed by atoms with Gasteiger partial charge in [-0.1, -0.05) is 76.1 Å². The molecule has 0 aliphatic heterocycles. The van der Waals surface area contributed by atoms with E-state index in [-0.39, 0.29) is 0 Å². The molecule has 3 nitrogen and oxygen atoms in total. The van der Waals surface area contributed by atoms with Crippen LogP contribution in [0, 0.1) is 0 Å². The fourth-order valence-corrected chi connectivity index (χ4v) is 4.03. The summed E-state index contributed by atoms with van der Waals surface area (Å²) < 4.78 is 3.11. The van der Waals surface area contributed by atoms with Crippen LogP contribution in [0.25, 0.3) is 39.1 Å². The molecule has 0 atom stereocenters. The van der Waals surface area contributed by atoms with Crippen molar-refractivity contribution in [1.29, 1.82) is 0 Å². The lowest BCUT2D eigenvalue weighted by Gasteiger charge is -2.12. The number of hydrogen-bond acceptors (Lipinski definition) is 2. The molecule has 0 bridgehead atoms. The molecule has 130 valence electrons. The highest BCUT2D eigenvalue weighted by Crippen LogP contribution is 2.37. The number of rotatable bonds is 2. The van der Waals surface area contributed by atoms with E-state index >= 15 is 0 Å². The van der Waals surface area contributed by atoms with Crippen LogP contribution in [-0.4, -0.2) is 14.6 Å². The fourth-order valence-electron chi connectivity index (χ4n) is 3.43. The normalized spacial score (nSPS) is 11.3. The average molecular weight is 435 g/mol. The van der Waals surface area contributed by atoms with Crippen molar-refractivity contribution in [3.63, 3.8) is 0 Å². The van der Waals surface area contributed by atoms with E-state index in [2.05, 4.69) is 48.7 Å². The average Bonchev–Trinajstić information content (AvgIpc) is 3.12. The zero-order valence-corrected chi connectivity index (χ0v) is 16.4. The largest absolute Gasteiger partial charge is 0.275 e. The van der Waals surface area contributed by atoms with Crippen molar-refractivity contribution in [2.75, 3.05) is 0 Å². The Balaban J connectivity index is 1.91. The molecule has 3 aromatic carbocycles. The molecule has 5 heteroatoms. The maximum Gasteiger partial charge on any atom is 0.168 e. The third-order valence-electron chi connectivity index (χ3n) is 4.65. The van der Waals surface area contributed by atoms with Gasteiger partial charge in [-0.2, -0.15) is 0 Å². The van der Waals surface area contributed by atoms with Gasteiger partial charge >= 0.3 is 0 Å². The molecule has 2 aromatic heterocycles. The first kappa shape index (κ1) is 16.5. The fraction of sp³-hybridized carbons (Fsp3) is 0. The van der Waals surface area contributed by atoms with Gasteiger partial charge in [0.15, 0.2) is 11.5 Å². The van der Waals surface area contributed by atoms with Gasteiger partial charge in [0.2, 0.25) is 0 Å². The van der Waals surface area contributed by atoms with Crippen LogP contribution in [0.4, 0.5) is 0 Å². The third kappa shape index (κ3) is 2.73. The highest BCUT2D eigenvalue weighted by atomic mass is 79.9. The van der Waals surface area contributed by atoms with Gasteiger partial charge in [-0.3, -0.25) is 4.40 Å². The Morgan fingerprint density at radius 2 is 1.56 bits per heavy atom. The summed E-state index contributed by atoms with van der Waals surface area (Å²) in [7, 11) is 0. The number of pyridine rings is 1. The molecule has 0 radical (unpaired) electrons. The first-order valence-electron chi connectivity index (χ1n) is 8.50. The predicted octanol–water partition coefficient (Wildman–Crippen LogP) is 6.63. The van der Waals surface area contributed by atoms with Gasteiger partial charge in [-0.05, 0) is 35.9 Å². The van der Waals surface area contributed by atoms with Gasteiger partial charge in [0.25, 0.3) is 0 Å². The van der Waals surface area contributed by atoms with Gasteiger partial charge < -0.3 is 0 Å². The molecule has 0 fully saturated rings. The maximum atomic E-state index is 6.50. The molecule has 0 N–H and O–H groups in total. The minimum Gasteiger partial charge on any atom is -0.275 e. The van der Waals surface area contributed by atoms with Crippen molar-refractivity contribution in [2.24, 2.45) is 0 Å². The highest BCUT2D eigenvalue weighted by molar-refractivity contribution is 9.10. The lowest BCUT2D eigenvalue weighted by Crippen LogP contribution is -1.95. The minimum absolute atomic E-state index is 0.714. The van der Waals surface area contributed by atoms with Gasteiger partial charge in [-0.15, -0.1) is 10.2 Å². The van der Waals surface area contributed by atoms with Crippen LogP contribution in [0.15, 0.2) is 83.3 Å². The number of halogens is 2. The third-order valence-corrected chi connectivity index (χ3v) is 5.47. The Morgan fingerprint density at radius 3 is 2.37 bits per heavy atom. The molecule has 0 spiro atoms. The van der Waals surface area contributed by atoms with E-state index < -0.39 is 0 Å². The molecule has 0 unspecified atom stereocenters. The lowest BCUT2D eigenvalue weighted by atomic mass is 10.0. The zero-order chi connectivity index (χ0) is 18.4. The van der Waals surface area contributed by atoms with Crippen LogP contribution in [0.5, 0.6) is 0 Å². The molecule has 0 saturated heterocycles. The van der Waals surface area contributed by atoms with E-state index in [9.17, 15) is 0 Å². The van der Waals surface area contributed by atoms with E-state index in [1.807, 2.05) is 60.7 Å². The Kier molecular flexibility index (Phi) is 3.96. The number of benzene rings is 3. The smallest absolute Gasteiger partial charge is 0.168 e. The summed E-state index contributed by atoms with van der Waals surface area (Å²) >= 11 is 10.1. The molecular formula is C22H13BrClN3. The van der Waals surface area contributed by atoms with Crippen LogP contribution in [0.3, 0.4) is 0 Å². The van der Waals surface area contributed by atoms with Gasteiger partial charge in [0, 0.05) is 26.0 Å². The summed E-state index contributed by atoms with van der Waals surface area (Å²) in [6, 6.07) is 26.3. The van der Waals surface area contributed by atoms with Gasteiger partial charge in [-0.25, -0.2) is 0 Å². The number of aromatic nitrogens is 3. The monoisotopic (exact) mass is 433 g/mol. The van der Waals surface area contributed by atoms with Crippen molar-refractivity contribution >= 4 is 44.1 Å². The van der Waals surface area contributed by atoms with Crippen LogP contribution in [-0.2, 0) is 0 Å². The van der Waals surface area contributed by atoms with Gasteiger partial charge in [0.1, 0.15) is 0 Å².